The molecule has 0 bridgehead atoms. The monoisotopic (exact) mass is 321 g/mol. The lowest BCUT2D eigenvalue weighted by molar-refractivity contribution is -0.274. The Hall–Kier alpha value is -1.73. The molecule has 0 radical (unpaired) electrons. The number of ether oxygens (including phenoxy) is 1. The molecule has 1 aromatic heterocycles. The number of carbonyl (C=O) groups excluding carboxylic acids is 1. The van der Waals surface area contributed by atoms with Crippen LogP contribution in [0.4, 0.5) is 18.9 Å². The van der Waals surface area contributed by atoms with Gasteiger partial charge in [0.2, 0.25) is 0 Å². The highest BCUT2D eigenvalue weighted by Gasteiger charge is 2.32. The maximum absolute atomic E-state index is 12.3. The third-order valence-corrected chi connectivity index (χ3v) is 3.27. The van der Waals surface area contributed by atoms with Crippen LogP contribution in [0.3, 0.4) is 0 Å². The summed E-state index contributed by atoms with van der Waals surface area (Å²) in [7, 11) is 0. The lowest BCUT2D eigenvalue weighted by Crippen LogP contribution is -2.19. The minimum Gasteiger partial charge on any atom is -0.404 e. The first-order valence-electron chi connectivity index (χ1n) is 5.25. The molecule has 0 aliphatic carbocycles. The summed E-state index contributed by atoms with van der Waals surface area (Å²) < 4.78 is 40.7. The lowest BCUT2D eigenvalue weighted by Gasteiger charge is -2.14. The minimum absolute atomic E-state index is 0.0679. The van der Waals surface area contributed by atoms with Gasteiger partial charge in [0.1, 0.15) is 0 Å². The zero-order chi connectivity index (χ0) is 14.8. The molecule has 1 amide bonds. The molecule has 0 saturated carbocycles. The van der Waals surface area contributed by atoms with E-state index in [2.05, 4.69) is 10.1 Å². The number of nitrogens with one attached hydrogen (secondary N) is 1. The van der Waals surface area contributed by atoms with Crippen molar-refractivity contribution in [2.45, 2.75) is 6.36 Å². The first kappa shape index (κ1) is 14.7. The largest absolute Gasteiger partial charge is 0.573 e. The van der Waals surface area contributed by atoms with E-state index in [1.54, 1.807) is 17.5 Å². The fourth-order valence-electron chi connectivity index (χ4n) is 1.40. The number of benzene rings is 1. The highest BCUT2D eigenvalue weighted by atomic mass is 35.5. The topological polar surface area (TPSA) is 38.3 Å². The van der Waals surface area contributed by atoms with E-state index < -0.39 is 18.0 Å². The second-order valence-electron chi connectivity index (χ2n) is 3.62. The molecule has 0 aliphatic rings. The Kier molecular flexibility index (Phi) is 4.20. The summed E-state index contributed by atoms with van der Waals surface area (Å²) in [6.45, 7) is 0. The van der Waals surface area contributed by atoms with Gasteiger partial charge >= 0.3 is 6.36 Å². The Labute approximate surface area is 120 Å². The second kappa shape index (κ2) is 5.72. The normalized spacial score (nSPS) is 11.2. The van der Waals surface area contributed by atoms with Gasteiger partial charge in [-0.2, -0.15) is 0 Å². The van der Waals surface area contributed by atoms with Crippen molar-refractivity contribution >= 4 is 34.5 Å². The molecule has 0 unspecified atom stereocenters. The number of hydrogen-bond acceptors (Lipinski definition) is 3. The minimum atomic E-state index is -4.87. The predicted molar refractivity (Wildman–Crippen MR) is 70.4 cm³/mol. The molecule has 3 nitrogen and oxygen atoms in total. The van der Waals surface area contributed by atoms with Crippen LogP contribution in [0.1, 0.15) is 9.67 Å². The van der Waals surface area contributed by atoms with Crippen LogP contribution in [0.2, 0.25) is 5.02 Å². The number of hydrogen-bond donors (Lipinski definition) is 1. The maximum Gasteiger partial charge on any atom is 0.573 e. The third kappa shape index (κ3) is 3.88. The molecule has 106 valence electrons. The number of anilines is 1. The van der Waals surface area contributed by atoms with Crippen molar-refractivity contribution in [2.75, 3.05) is 5.32 Å². The summed E-state index contributed by atoms with van der Waals surface area (Å²) in [5.74, 6) is -1.08. The van der Waals surface area contributed by atoms with Crippen molar-refractivity contribution in [3.8, 4) is 5.75 Å². The molecule has 0 aliphatic heterocycles. The summed E-state index contributed by atoms with van der Waals surface area (Å²) in [6, 6.07) is 6.80. The fourth-order valence-corrected chi connectivity index (χ4v) is 2.18. The molecular formula is C12H7ClF3NO2S. The average Bonchev–Trinajstić information content (AvgIpc) is 2.84. The van der Waals surface area contributed by atoms with Crippen LogP contribution in [-0.4, -0.2) is 12.3 Å². The van der Waals surface area contributed by atoms with Gasteiger partial charge in [-0.15, -0.1) is 24.5 Å². The molecular weight excluding hydrogens is 315 g/mol. The number of amides is 1. The summed E-state index contributed by atoms with van der Waals surface area (Å²) in [5, 5.41) is 4.10. The van der Waals surface area contributed by atoms with Gasteiger partial charge in [0, 0.05) is 11.1 Å². The van der Waals surface area contributed by atoms with E-state index in [0.29, 0.717) is 4.88 Å². The van der Waals surface area contributed by atoms with Crippen LogP contribution in [0, 0.1) is 0 Å². The number of rotatable bonds is 3. The van der Waals surface area contributed by atoms with Crippen LogP contribution >= 0.6 is 22.9 Å². The van der Waals surface area contributed by atoms with Gasteiger partial charge in [-0.3, -0.25) is 4.79 Å². The molecule has 1 aromatic carbocycles. The Morgan fingerprint density at radius 2 is 2.05 bits per heavy atom. The summed E-state index contributed by atoms with van der Waals surface area (Å²) in [5.41, 5.74) is -0.106. The standard InChI is InChI=1S/C12H7ClF3NO2S/c13-7-3-4-8(9(6-7)19-12(14,15)16)17-11(18)10-2-1-5-20-10/h1-6H,(H,17,18). The Balaban J connectivity index is 2.25. The van der Waals surface area contributed by atoms with E-state index in [4.69, 9.17) is 11.6 Å². The number of halogens is 4. The third-order valence-electron chi connectivity index (χ3n) is 2.16. The quantitative estimate of drug-likeness (QED) is 0.900. The summed E-state index contributed by atoms with van der Waals surface area (Å²) in [4.78, 5) is 12.2. The number of alkyl halides is 3. The molecule has 20 heavy (non-hydrogen) atoms. The van der Waals surface area contributed by atoms with Crippen molar-refractivity contribution in [1.82, 2.24) is 0 Å². The van der Waals surface area contributed by atoms with Crippen LogP contribution in [0.5, 0.6) is 5.75 Å². The van der Waals surface area contributed by atoms with Crippen LogP contribution < -0.4 is 10.1 Å². The molecule has 0 spiro atoms. The zero-order valence-electron chi connectivity index (χ0n) is 9.70. The van der Waals surface area contributed by atoms with Gasteiger partial charge in [-0.1, -0.05) is 17.7 Å². The second-order valence-corrected chi connectivity index (χ2v) is 5.00. The fraction of sp³-hybridized carbons (Fsp3) is 0.0833. The Bertz CT molecular complexity index is 614. The maximum atomic E-state index is 12.3. The first-order chi connectivity index (χ1) is 9.35. The molecule has 2 rings (SSSR count). The van der Waals surface area contributed by atoms with Gasteiger partial charge in [-0.25, -0.2) is 0 Å². The molecule has 0 fully saturated rings. The van der Waals surface area contributed by atoms with Crippen molar-refractivity contribution in [3.05, 3.63) is 45.6 Å². The van der Waals surface area contributed by atoms with Crippen LogP contribution in [0.15, 0.2) is 35.7 Å². The van der Waals surface area contributed by atoms with Gasteiger partial charge in [0.05, 0.1) is 10.6 Å². The van der Waals surface area contributed by atoms with Crippen LogP contribution in [0.25, 0.3) is 0 Å². The molecule has 8 heteroatoms. The highest BCUT2D eigenvalue weighted by molar-refractivity contribution is 7.12. The molecule has 0 saturated heterocycles. The van der Waals surface area contributed by atoms with Crippen molar-refractivity contribution < 1.29 is 22.7 Å². The summed E-state index contributed by atoms with van der Waals surface area (Å²) in [6.07, 6.45) is -4.87. The van der Waals surface area contributed by atoms with E-state index in [1.165, 1.54) is 23.5 Å². The summed E-state index contributed by atoms with van der Waals surface area (Å²) >= 11 is 6.80. The molecule has 2 aromatic rings. The smallest absolute Gasteiger partial charge is 0.404 e. The number of carbonyl (C=O) groups is 1. The van der Waals surface area contributed by atoms with Gasteiger partial charge in [0.25, 0.3) is 5.91 Å². The van der Waals surface area contributed by atoms with Gasteiger partial charge in [-0.05, 0) is 23.6 Å². The van der Waals surface area contributed by atoms with E-state index in [9.17, 15) is 18.0 Å². The van der Waals surface area contributed by atoms with Gasteiger partial charge < -0.3 is 10.1 Å². The molecule has 1 heterocycles. The highest BCUT2D eigenvalue weighted by Crippen LogP contribution is 2.33. The van der Waals surface area contributed by atoms with E-state index in [-0.39, 0.29) is 10.7 Å². The SMILES string of the molecule is O=C(Nc1ccc(Cl)cc1OC(F)(F)F)c1cccs1. The Morgan fingerprint density at radius 3 is 2.65 bits per heavy atom. The zero-order valence-corrected chi connectivity index (χ0v) is 11.3. The van der Waals surface area contributed by atoms with E-state index >= 15 is 0 Å². The average molecular weight is 322 g/mol. The lowest BCUT2D eigenvalue weighted by atomic mass is 10.3. The molecule has 1 N–H and O–H groups in total. The van der Waals surface area contributed by atoms with Crippen molar-refractivity contribution in [3.63, 3.8) is 0 Å². The van der Waals surface area contributed by atoms with Crippen molar-refractivity contribution in [1.29, 1.82) is 0 Å². The predicted octanol–water partition coefficient (Wildman–Crippen LogP) is 4.55. The Morgan fingerprint density at radius 1 is 1.30 bits per heavy atom. The number of thiophene rings is 1. The van der Waals surface area contributed by atoms with E-state index in [0.717, 1.165) is 6.07 Å². The first-order valence-corrected chi connectivity index (χ1v) is 6.51. The van der Waals surface area contributed by atoms with Crippen molar-refractivity contribution in [2.24, 2.45) is 0 Å². The van der Waals surface area contributed by atoms with Crippen LogP contribution in [-0.2, 0) is 0 Å². The molecule has 0 atom stereocenters. The van der Waals surface area contributed by atoms with Gasteiger partial charge in [0.15, 0.2) is 5.75 Å². The van der Waals surface area contributed by atoms with E-state index in [1.807, 2.05) is 0 Å².